The smallest absolute Gasteiger partial charge is 0.223 e. The Bertz CT molecular complexity index is 382. The zero-order valence-electron chi connectivity index (χ0n) is 12.4. The van der Waals surface area contributed by atoms with E-state index in [0.29, 0.717) is 6.42 Å². The summed E-state index contributed by atoms with van der Waals surface area (Å²) >= 11 is 1.83. The zero-order valence-corrected chi connectivity index (χ0v) is 14.9. The summed E-state index contributed by atoms with van der Waals surface area (Å²) in [5.74, 6) is 0.284. The van der Waals surface area contributed by atoms with E-state index in [0.717, 1.165) is 45.7 Å². The van der Waals surface area contributed by atoms with E-state index in [-0.39, 0.29) is 30.7 Å². The SMILES string of the molecule is CNCCC(=O)N1CCN(CCc2cccs2)CC1.Cl.Cl. The van der Waals surface area contributed by atoms with E-state index in [2.05, 4.69) is 27.7 Å². The first-order valence-corrected chi connectivity index (χ1v) is 7.84. The number of amides is 1. The van der Waals surface area contributed by atoms with Crippen LogP contribution in [0, 0.1) is 0 Å². The number of nitrogens with zero attached hydrogens (tertiary/aromatic N) is 2. The van der Waals surface area contributed by atoms with Gasteiger partial charge in [0.25, 0.3) is 0 Å². The van der Waals surface area contributed by atoms with Crippen molar-refractivity contribution in [1.29, 1.82) is 0 Å². The Balaban J connectivity index is 0.00000200. The molecule has 0 aromatic carbocycles. The van der Waals surface area contributed by atoms with E-state index in [1.807, 2.05) is 23.3 Å². The van der Waals surface area contributed by atoms with Crippen molar-refractivity contribution in [2.24, 2.45) is 0 Å². The summed E-state index contributed by atoms with van der Waals surface area (Å²) in [7, 11) is 1.88. The number of thiophene rings is 1. The summed E-state index contributed by atoms with van der Waals surface area (Å²) in [6.07, 6.45) is 1.75. The van der Waals surface area contributed by atoms with Gasteiger partial charge in [-0.3, -0.25) is 9.69 Å². The van der Waals surface area contributed by atoms with Gasteiger partial charge in [0, 0.05) is 50.6 Å². The Kier molecular flexibility index (Phi) is 11.1. The third kappa shape index (κ3) is 6.98. The molecule has 122 valence electrons. The quantitative estimate of drug-likeness (QED) is 0.848. The molecule has 0 saturated carbocycles. The molecule has 1 fully saturated rings. The fourth-order valence-corrected chi connectivity index (χ4v) is 3.03. The molecule has 0 aliphatic carbocycles. The predicted octanol–water partition coefficient (Wildman–Crippen LogP) is 1.89. The maximum atomic E-state index is 11.9. The minimum absolute atomic E-state index is 0. The lowest BCUT2D eigenvalue weighted by molar-refractivity contribution is -0.132. The average molecular weight is 354 g/mol. The molecule has 0 spiro atoms. The van der Waals surface area contributed by atoms with E-state index in [1.165, 1.54) is 4.88 Å². The van der Waals surface area contributed by atoms with Gasteiger partial charge < -0.3 is 10.2 Å². The van der Waals surface area contributed by atoms with Gasteiger partial charge in [-0.1, -0.05) is 6.07 Å². The van der Waals surface area contributed by atoms with Crippen molar-refractivity contribution in [3.8, 4) is 0 Å². The normalized spacial score (nSPS) is 15.2. The number of carbonyl (C=O) groups is 1. The van der Waals surface area contributed by atoms with Crippen molar-refractivity contribution in [1.82, 2.24) is 15.1 Å². The minimum Gasteiger partial charge on any atom is -0.340 e. The van der Waals surface area contributed by atoms with Crippen molar-refractivity contribution in [2.75, 3.05) is 46.3 Å². The first-order valence-electron chi connectivity index (χ1n) is 6.96. The van der Waals surface area contributed by atoms with Gasteiger partial charge in [0.05, 0.1) is 0 Å². The molecule has 21 heavy (non-hydrogen) atoms. The van der Waals surface area contributed by atoms with E-state index in [9.17, 15) is 4.79 Å². The lowest BCUT2D eigenvalue weighted by Crippen LogP contribution is -2.49. The summed E-state index contributed by atoms with van der Waals surface area (Å²) in [6.45, 7) is 5.67. The van der Waals surface area contributed by atoms with Gasteiger partial charge in [-0.2, -0.15) is 0 Å². The maximum absolute atomic E-state index is 11.9. The molecule has 0 radical (unpaired) electrons. The lowest BCUT2D eigenvalue weighted by atomic mass is 10.2. The number of piperazine rings is 1. The summed E-state index contributed by atoms with van der Waals surface area (Å²) < 4.78 is 0. The van der Waals surface area contributed by atoms with Crippen LogP contribution in [0.3, 0.4) is 0 Å². The molecule has 2 rings (SSSR count). The maximum Gasteiger partial charge on any atom is 0.223 e. The lowest BCUT2D eigenvalue weighted by Gasteiger charge is -2.34. The second-order valence-electron chi connectivity index (χ2n) is 4.91. The van der Waals surface area contributed by atoms with Crippen molar-refractivity contribution in [3.63, 3.8) is 0 Å². The topological polar surface area (TPSA) is 35.6 Å². The number of carbonyl (C=O) groups excluding carboxylic acids is 1. The molecule has 2 heterocycles. The van der Waals surface area contributed by atoms with Crippen LogP contribution < -0.4 is 5.32 Å². The number of rotatable bonds is 6. The zero-order chi connectivity index (χ0) is 13.5. The van der Waals surface area contributed by atoms with Crippen LogP contribution >= 0.6 is 36.2 Å². The number of nitrogens with one attached hydrogen (secondary N) is 1. The molecule has 1 aliphatic rings. The van der Waals surface area contributed by atoms with Crippen LogP contribution in [0.4, 0.5) is 0 Å². The highest BCUT2D eigenvalue weighted by atomic mass is 35.5. The van der Waals surface area contributed by atoms with Crippen molar-refractivity contribution in [3.05, 3.63) is 22.4 Å². The summed E-state index contributed by atoms with van der Waals surface area (Å²) in [4.78, 5) is 17.8. The van der Waals surface area contributed by atoms with Gasteiger partial charge in [0.2, 0.25) is 5.91 Å². The first-order chi connectivity index (χ1) is 9.29. The Morgan fingerprint density at radius 2 is 2.00 bits per heavy atom. The van der Waals surface area contributed by atoms with Crippen molar-refractivity contribution < 1.29 is 4.79 Å². The van der Waals surface area contributed by atoms with Gasteiger partial charge >= 0.3 is 0 Å². The molecule has 0 bridgehead atoms. The Labute approximate surface area is 143 Å². The van der Waals surface area contributed by atoms with Crippen molar-refractivity contribution in [2.45, 2.75) is 12.8 Å². The van der Waals surface area contributed by atoms with E-state index < -0.39 is 0 Å². The minimum atomic E-state index is 0. The second kappa shape index (κ2) is 11.3. The molecular formula is C14H25Cl2N3OS. The number of halogens is 2. The van der Waals surface area contributed by atoms with E-state index in [1.54, 1.807) is 0 Å². The summed E-state index contributed by atoms with van der Waals surface area (Å²) in [6, 6.07) is 4.31. The molecule has 1 aromatic heterocycles. The van der Waals surface area contributed by atoms with Crippen LogP contribution in [0.5, 0.6) is 0 Å². The standard InChI is InChI=1S/C14H23N3OS.2ClH/c1-15-6-4-14(18)17-10-8-16(9-11-17)7-5-13-3-2-12-19-13;;/h2-3,12,15H,4-11H2,1H3;2*1H. The van der Waals surface area contributed by atoms with Crippen molar-refractivity contribution >= 4 is 42.1 Å². The molecular weight excluding hydrogens is 329 g/mol. The van der Waals surface area contributed by atoms with Crippen LogP contribution in [-0.4, -0.2) is 62.0 Å². The largest absolute Gasteiger partial charge is 0.340 e. The van der Waals surface area contributed by atoms with Crippen LogP contribution in [-0.2, 0) is 11.2 Å². The third-order valence-electron chi connectivity index (χ3n) is 3.57. The van der Waals surface area contributed by atoms with Gasteiger partial charge in [-0.15, -0.1) is 36.2 Å². The summed E-state index contributed by atoms with van der Waals surface area (Å²) in [5.41, 5.74) is 0. The molecule has 1 saturated heterocycles. The Morgan fingerprint density at radius 3 is 2.57 bits per heavy atom. The molecule has 7 heteroatoms. The average Bonchev–Trinajstić information content (AvgIpc) is 2.96. The third-order valence-corrected chi connectivity index (χ3v) is 4.50. The second-order valence-corrected chi connectivity index (χ2v) is 5.94. The highest BCUT2D eigenvalue weighted by Crippen LogP contribution is 2.11. The van der Waals surface area contributed by atoms with Crippen LogP contribution in [0.25, 0.3) is 0 Å². The van der Waals surface area contributed by atoms with Crippen LogP contribution in [0.1, 0.15) is 11.3 Å². The monoisotopic (exact) mass is 353 g/mol. The van der Waals surface area contributed by atoms with Crippen LogP contribution in [0.15, 0.2) is 17.5 Å². The fraction of sp³-hybridized carbons (Fsp3) is 0.643. The first kappa shape index (κ1) is 20.7. The predicted molar refractivity (Wildman–Crippen MR) is 94.1 cm³/mol. The summed E-state index contributed by atoms with van der Waals surface area (Å²) in [5, 5.41) is 5.16. The molecule has 0 atom stereocenters. The molecule has 4 nitrogen and oxygen atoms in total. The highest BCUT2D eigenvalue weighted by molar-refractivity contribution is 7.09. The van der Waals surface area contributed by atoms with E-state index >= 15 is 0 Å². The van der Waals surface area contributed by atoms with Gasteiger partial charge in [0.15, 0.2) is 0 Å². The Morgan fingerprint density at radius 1 is 1.29 bits per heavy atom. The number of hydrogen-bond acceptors (Lipinski definition) is 4. The molecule has 1 amide bonds. The highest BCUT2D eigenvalue weighted by Gasteiger charge is 2.20. The fourth-order valence-electron chi connectivity index (χ4n) is 2.33. The van der Waals surface area contributed by atoms with Gasteiger partial charge in [-0.25, -0.2) is 0 Å². The Hall–Kier alpha value is -0.330. The van der Waals surface area contributed by atoms with E-state index in [4.69, 9.17) is 0 Å². The van der Waals surface area contributed by atoms with Crippen LogP contribution in [0.2, 0.25) is 0 Å². The van der Waals surface area contributed by atoms with Gasteiger partial charge in [0.1, 0.15) is 0 Å². The molecule has 1 aliphatic heterocycles. The molecule has 0 unspecified atom stereocenters. The van der Waals surface area contributed by atoms with Gasteiger partial charge in [-0.05, 0) is 24.9 Å². The molecule has 1 aromatic rings. The number of hydrogen-bond donors (Lipinski definition) is 1. The molecule has 1 N–H and O–H groups in total.